The molecule has 208 valence electrons. The number of hydrogen-bond donors (Lipinski definition) is 1. The fourth-order valence-corrected chi connectivity index (χ4v) is 6.68. The Morgan fingerprint density at radius 2 is 1.26 bits per heavy atom. The molecule has 0 aliphatic heterocycles. The summed E-state index contributed by atoms with van der Waals surface area (Å²) in [6.07, 6.45) is 4.09. The molecule has 1 unspecified atom stereocenters. The fraction of sp³-hybridized carbons (Fsp3) is 0.333. The summed E-state index contributed by atoms with van der Waals surface area (Å²) in [5.41, 5.74) is 3.09. The van der Waals surface area contributed by atoms with Crippen LogP contribution >= 0.6 is 0 Å². The van der Waals surface area contributed by atoms with Crippen LogP contribution in [0.1, 0.15) is 38.8 Å². The molecule has 0 saturated heterocycles. The SMILES string of the molecule is CC(C)/C=C/S(=O)(=O)Cc1cnc2ccccc2c1.CC(C)C(O)CS(=O)(=O)Cc1cnc2ccccc2c1. The summed E-state index contributed by atoms with van der Waals surface area (Å²) in [4.78, 5) is 8.52. The normalized spacial score (nSPS) is 13.2. The van der Waals surface area contributed by atoms with Crippen molar-refractivity contribution >= 4 is 41.5 Å². The number of para-hydroxylation sites is 2. The minimum Gasteiger partial charge on any atom is -0.392 e. The molecule has 0 fully saturated rings. The van der Waals surface area contributed by atoms with E-state index in [9.17, 15) is 21.9 Å². The number of aliphatic hydroxyl groups excluding tert-OH is 1. The van der Waals surface area contributed by atoms with Gasteiger partial charge in [0.05, 0.1) is 34.4 Å². The van der Waals surface area contributed by atoms with Crippen LogP contribution in [0.4, 0.5) is 0 Å². The molecule has 0 spiro atoms. The van der Waals surface area contributed by atoms with Gasteiger partial charge in [0, 0.05) is 28.6 Å². The first-order chi connectivity index (χ1) is 18.3. The lowest BCUT2D eigenvalue weighted by atomic mass is 10.1. The third-order valence-electron chi connectivity index (χ3n) is 5.91. The van der Waals surface area contributed by atoms with E-state index in [1.165, 1.54) is 5.41 Å². The van der Waals surface area contributed by atoms with E-state index in [4.69, 9.17) is 0 Å². The number of fused-ring (bicyclic) bond motifs is 2. The molecular weight excluding hydrogens is 532 g/mol. The van der Waals surface area contributed by atoms with Gasteiger partial charge < -0.3 is 5.11 Å². The van der Waals surface area contributed by atoms with Gasteiger partial charge in [-0.3, -0.25) is 9.97 Å². The van der Waals surface area contributed by atoms with Crippen LogP contribution in [0.15, 0.2) is 84.5 Å². The Bertz CT molecular complexity index is 1650. The number of rotatable bonds is 9. The summed E-state index contributed by atoms with van der Waals surface area (Å²) in [6, 6.07) is 19.0. The monoisotopic (exact) mass is 568 g/mol. The van der Waals surface area contributed by atoms with Gasteiger partial charge in [-0.1, -0.05) is 70.2 Å². The first kappa shape index (κ1) is 30.4. The molecule has 0 aliphatic carbocycles. The number of aliphatic hydroxyl groups is 1. The van der Waals surface area contributed by atoms with Crippen LogP contribution < -0.4 is 0 Å². The quantitative estimate of drug-likeness (QED) is 0.284. The number of aromatic nitrogens is 2. The number of sulfone groups is 2. The van der Waals surface area contributed by atoms with Crippen LogP contribution in [-0.4, -0.2) is 43.8 Å². The molecule has 1 atom stereocenters. The van der Waals surface area contributed by atoms with Crippen LogP contribution in [0.3, 0.4) is 0 Å². The number of allylic oxidation sites excluding steroid dienone is 1. The second kappa shape index (κ2) is 13.3. The molecule has 1 N–H and O–H groups in total. The second-order valence-corrected chi connectivity index (χ2v) is 14.3. The molecule has 39 heavy (non-hydrogen) atoms. The number of pyridine rings is 2. The molecule has 4 rings (SSSR count). The van der Waals surface area contributed by atoms with Crippen molar-refractivity contribution < 1.29 is 21.9 Å². The van der Waals surface area contributed by atoms with E-state index in [1.807, 2.05) is 74.5 Å². The van der Waals surface area contributed by atoms with Crippen LogP contribution in [0.2, 0.25) is 0 Å². The van der Waals surface area contributed by atoms with E-state index >= 15 is 0 Å². The molecule has 7 nitrogen and oxygen atoms in total. The van der Waals surface area contributed by atoms with E-state index in [0.717, 1.165) is 21.8 Å². The Morgan fingerprint density at radius 3 is 1.74 bits per heavy atom. The summed E-state index contributed by atoms with van der Waals surface area (Å²) in [6.45, 7) is 7.50. The highest BCUT2D eigenvalue weighted by molar-refractivity contribution is 7.93. The van der Waals surface area contributed by atoms with Crippen molar-refractivity contribution in [2.75, 3.05) is 5.75 Å². The maximum absolute atomic E-state index is 12.1. The standard InChI is InChI=1S/C15H19NO3S.C15H17NO2S/c1-11(2)15(17)10-20(18,19)9-12-7-13-5-3-4-6-14(13)16-8-12;1-12(2)7-8-19(17,18)11-13-9-14-5-3-4-6-15(14)16-10-13/h3-8,11,15,17H,9-10H2,1-2H3;3-10,12H,11H2,1-2H3/b;8-7+. The zero-order chi connectivity index (χ0) is 28.6. The van der Waals surface area contributed by atoms with Crippen molar-refractivity contribution in [1.29, 1.82) is 0 Å². The first-order valence-corrected chi connectivity index (χ1v) is 16.3. The van der Waals surface area contributed by atoms with E-state index in [-0.39, 0.29) is 29.1 Å². The number of benzene rings is 2. The number of hydrogen-bond acceptors (Lipinski definition) is 7. The topological polar surface area (TPSA) is 114 Å². The van der Waals surface area contributed by atoms with Gasteiger partial charge >= 0.3 is 0 Å². The predicted octanol–water partition coefficient (Wildman–Crippen LogP) is 5.49. The minimum atomic E-state index is -3.34. The van der Waals surface area contributed by atoms with Gasteiger partial charge in [-0.05, 0) is 47.2 Å². The summed E-state index contributed by atoms with van der Waals surface area (Å²) in [5.74, 6) is -0.149. The lowest BCUT2D eigenvalue weighted by Crippen LogP contribution is -2.26. The minimum absolute atomic E-state index is 0.00590. The van der Waals surface area contributed by atoms with Gasteiger partial charge in [-0.2, -0.15) is 0 Å². The first-order valence-electron chi connectivity index (χ1n) is 12.8. The van der Waals surface area contributed by atoms with Crippen LogP contribution in [-0.2, 0) is 31.2 Å². The van der Waals surface area contributed by atoms with Crippen LogP contribution in [0.25, 0.3) is 21.8 Å². The molecule has 0 saturated carbocycles. The van der Waals surface area contributed by atoms with Crippen molar-refractivity contribution in [3.63, 3.8) is 0 Å². The van der Waals surface area contributed by atoms with Gasteiger partial charge in [-0.25, -0.2) is 16.8 Å². The van der Waals surface area contributed by atoms with Crippen molar-refractivity contribution in [2.24, 2.45) is 11.8 Å². The summed E-state index contributed by atoms with van der Waals surface area (Å²) < 4.78 is 48.0. The molecule has 0 aliphatic rings. The van der Waals surface area contributed by atoms with Crippen molar-refractivity contribution in [3.8, 4) is 0 Å². The fourth-order valence-electron chi connectivity index (χ4n) is 3.71. The van der Waals surface area contributed by atoms with Crippen LogP contribution in [0, 0.1) is 11.8 Å². The van der Waals surface area contributed by atoms with Gasteiger partial charge in [-0.15, -0.1) is 0 Å². The Morgan fingerprint density at radius 1 is 0.769 bits per heavy atom. The van der Waals surface area contributed by atoms with Gasteiger partial charge in [0.25, 0.3) is 0 Å². The van der Waals surface area contributed by atoms with Crippen molar-refractivity contribution in [1.82, 2.24) is 9.97 Å². The lowest BCUT2D eigenvalue weighted by Gasteiger charge is -2.14. The molecule has 0 radical (unpaired) electrons. The summed E-state index contributed by atoms with van der Waals surface area (Å²) in [7, 11) is -6.56. The number of nitrogens with zero attached hydrogens (tertiary/aromatic N) is 2. The zero-order valence-corrected chi connectivity index (χ0v) is 24.4. The maximum Gasteiger partial charge on any atom is 0.175 e. The molecule has 2 aromatic heterocycles. The zero-order valence-electron chi connectivity index (χ0n) is 22.7. The average Bonchev–Trinajstić information content (AvgIpc) is 2.87. The van der Waals surface area contributed by atoms with Gasteiger partial charge in [0.15, 0.2) is 19.7 Å². The Labute approximate surface area is 231 Å². The molecule has 2 heterocycles. The Kier molecular flexibility index (Phi) is 10.4. The molecule has 9 heteroatoms. The third-order valence-corrected chi connectivity index (χ3v) is 8.84. The molecule has 0 amide bonds. The van der Waals surface area contributed by atoms with Crippen molar-refractivity contribution in [2.45, 2.75) is 45.3 Å². The Balaban J connectivity index is 0.000000216. The van der Waals surface area contributed by atoms with E-state index in [1.54, 1.807) is 32.3 Å². The lowest BCUT2D eigenvalue weighted by molar-refractivity contribution is 0.147. The van der Waals surface area contributed by atoms with Crippen LogP contribution in [0.5, 0.6) is 0 Å². The molecule has 4 aromatic rings. The summed E-state index contributed by atoms with van der Waals surface area (Å²) in [5, 5.41) is 12.9. The second-order valence-electron chi connectivity index (χ2n) is 10.3. The average molecular weight is 569 g/mol. The van der Waals surface area contributed by atoms with Crippen molar-refractivity contribution in [3.05, 3.63) is 95.7 Å². The van der Waals surface area contributed by atoms with Gasteiger partial charge in [0.2, 0.25) is 0 Å². The maximum atomic E-state index is 12.1. The van der Waals surface area contributed by atoms with Gasteiger partial charge in [0.1, 0.15) is 0 Å². The summed E-state index contributed by atoms with van der Waals surface area (Å²) >= 11 is 0. The van der Waals surface area contributed by atoms with E-state index < -0.39 is 25.8 Å². The predicted molar refractivity (Wildman–Crippen MR) is 158 cm³/mol. The highest BCUT2D eigenvalue weighted by Crippen LogP contribution is 2.17. The smallest absolute Gasteiger partial charge is 0.175 e. The highest BCUT2D eigenvalue weighted by atomic mass is 32.2. The highest BCUT2D eigenvalue weighted by Gasteiger charge is 2.20. The van der Waals surface area contributed by atoms with E-state index in [2.05, 4.69) is 9.97 Å². The largest absolute Gasteiger partial charge is 0.392 e. The van der Waals surface area contributed by atoms with E-state index in [0.29, 0.717) is 11.1 Å². The third kappa shape index (κ3) is 9.84. The Hall–Kier alpha value is -3.14. The molecular formula is C30H36N2O5S2. The molecule has 2 aromatic carbocycles. The molecule has 0 bridgehead atoms.